The Morgan fingerprint density at radius 3 is 2.52 bits per heavy atom. The normalized spacial score (nSPS) is 13.2. The van der Waals surface area contributed by atoms with Crippen molar-refractivity contribution in [1.29, 1.82) is 0 Å². The summed E-state index contributed by atoms with van der Waals surface area (Å²) >= 11 is 0. The largest absolute Gasteiger partial charge is 0.478 e. The second-order valence-electron chi connectivity index (χ2n) is 4.76. The number of carbonyl (C=O) groups excluding carboxylic acids is 1. The summed E-state index contributed by atoms with van der Waals surface area (Å²) in [5, 5.41) is 11.6. The fourth-order valence-electron chi connectivity index (χ4n) is 2.27. The summed E-state index contributed by atoms with van der Waals surface area (Å²) in [7, 11) is 0. The SMILES string of the molecule is O=C(O)c1ccc(Oc2ccc3c(c2)CCNC3=O)cc1. The van der Waals surface area contributed by atoms with Gasteiger partial charge in [0, 0.05) is 12.1 Å². The molecule has 106 valence electrons. The summed E-state index contributed by atoms with van der Waals surface area (Å²) in [6.07, 6.45) is 0.774. The van der Waals surface area contributed by atoms with Crippen molar-refractivity contribution in [2.24, 2.45) is 0 Å². The van der Waals surface area contributed by atoms with Crippen LogP contribution in [0.2, 0.25) is 0 Å². The predicted octanol–water partition coefficient (Wildman–Crippen LogP) is 2.46. The fourth-order valence-corrected chi connectivity index (χ4v) is 2.27. The van der Waals surface area contributed by atoms with Gasteiger partial charge in [-0.05, 0) is 54.4 Å². The molecule has 0 fully saturated rings. The van der Waals surface area contributed by atoms with Gasteiger partial charge in [-0.15, -0.1) is 0 Å². The molecule has 2 aromatic rings. The van der Waals surface area contributed by atoms with Gasteiger partial charge in [-0.1, -0.05) is 0 Å². The fraction of sp³-hybridized carbons (Fsp3) is 0.125. The first-order valence-electron chi connectivity index (χ1n) is 6.56. The molecule has 1 heterocycles. The summed E-state index contributed by atoms with van der Waals surface area (Å²) < 4.78 is 5.69. The van der Waals surface area contributed by atoms with Crippen molar-refractivity contribution in [2.45, 2.75) is 6.42 Å². The molecule has 0 atom stereocenters. The maximum absolute atomic E-state index is 11.6. The molecule has 0 radical (unpaired) electrons. The van der Waals surface area contributed by atoms with E-state index in [1.54, 1.807) is 24.3 Å². The Balaban J connectivity index is 1.82. The molecule has 1 aliphatic heterocycles. The molecule has 2 aromatic carbocycles. The average Bonchev–Trinajstić information content (AvgIpc) is 2.48. The van der Waals surface area contributed by atoms with E-state index >= 15 is 0 Å². The lowest BCUT2D eigenvalue weighted by Crippen LogP contribution is -2.31. The van der Waals surface area contributed by atoms with Gasteiger partial charge >= 0.3 is 5.97 Å². The summed E-state index contributed by atoms with van der Waals surface area (Å²) in [5.74, 6) is 0.154. The van der Waals surface area contributed by atoms with Crippen molar-refractivity contribution < 1.29 is 19.4 Å². The minimum Gasteiger partial charge on any atom is -0.478 e. The van der Waals surface area contributed by atoms with Crippen LogP contribution in [-0.2, 0) is 6.42 Å². The highest BCUT2D eigenvalue weighted by atomic mass is 16.5. The van der Waals surface area contributed by atoms with Gasteiger partial charge in [-0.25, -0.2) is 4.79 Å². The van der Waals surface area contributed by atoms with Crippen LogP contribution in [0, 0.1) is 0 Å². The summed E-state index contributed by atoms with van der Waals surface area (Å²) in [6, 6.07) is 11.5. The zero-order valence-electron chi connectivity index (χ0n) is 11.1. The number of ether oxygens (including phenoxy) is 1. The van der Waals surface area contributed by atoms with E-state index in [1.807, 2.05) is 6.07 Å². The van der Waals surface area contributed by atoms with E-state index in [0.29, 0.717) is 23.6 Å². The molecule has 0 saturated carbocycles. The minimum atomic E-state index is -0.971. The van der Waals surface area contributed by atoms with E-state index in [0.717, 1.165) is 12.0 Å². The topological polar surface area (TPSA) is 75.6 Å². The summed E-state index contributed by atoms with van der Waals surface area (Å²) in [4.78, 5) is 22.4. The number of nitrogens with one attached hydrogen (secondary N) is 1. The van der Waals surface area contributed by atoms with Gasteiger partial charge in [0.2, 0.25) is 0 Å². The van der Waals surface area contributed by atoms with Crippen LogP contribution in [0.1, 0.15) is 26.3 Å². The molecular formula is C16H13NO4. The van der Waals surface area contributed by atoms with Gasteiger partial charge in [0.05, 0.1) is 5.56 Å². The number of carboxylic acid groups (broad SMARTS) is 1. The second kappa shape index (κ2) is 5.28. The van der Waals surface area contributed by atoms with Crippen LogP contribution >= 0.6 is 0 Å². The number of benzene rings is 2. The van der Waals surface area contributed by atoms with Gasteiger partial charge in [-0.3, -0.25) is 4.79 Å². The Bertz CT molecular complexity index is 707. The third-order valence-corrected chi connectivity index (χ3v) is 3.34. The molecule has 5 nitrogen and oxygen atoms in total. The molecule has 0 spiro atoms. The number of amides is 1. The lowest BCUT2D eigenvalue weighted by molar-refractivity contribution is 0.0696. The number of carboxylic acids is 1. The van der Waals surface area contributed by atoms with E-state index in [4.69, 9.17) is 9.84 Å². The maximum atomic E-state index is 11.6. The molecule has 5 heteroatoms. The molecule has 0 aromatic heterocycles. The van der Waals surface area contributed by atoms with Crippen LogP contribution in [0.5, 0.6) is 11.5 Å². The molecule has 0 unspecified atom stereocenters. The van der Waals surface area contributed by atoms with Crippen LogP contribution in [-0.4, -0.2) is 23.5 Å². The van der Waals surface area contributed by atoms with Gasteiger partial charge in [-0.2, -0.15) is 0 Å². The Morgan fingerprint density at radius 1 is 1.10 bits per heavy atom. The lowest BCUT2D eigenvalue weighted by Gasteiger charge is -2.17. The highest BCUT2D eigenvalue weighted by Crippen LogP contribution is 2.25. The predicted molar refractivity (Wildman–Crippen MR) is 76.0 cm³/mol. The zero-order chi connectivity index (χ0) is 14.8. The maximum Gasteiger partial charge on any atom is 0.335 e. The molecule has 2 N–H and O–H groups in total. The number of hydrogen-bond acceptors (Lipinski definition) is 3. The standard InChI is InChI=1S/C16H13NO4/c18-15-14-6-5-13(9-11(14)7-8-17-15)21-12-3-1-10(2-4-12)16(19)20/h1-6,9H,7-8H2,(H,17,18)(H,19,20). The third kappa shape index (κ3) is 2.72. The van der Waals surface area contributed by atoms with Crippen molar-refractivity contribution >= 4 is 11.9 Å². The van der Waals surface area contributed by atoms with Gasteiger partial charge in [0.25, 0.3) is 5.91 Å². The quantitative estimate of drug-likeness (QED) is 0.907. The van der Waals surface area contributed by atoms with E-state index in [9.17, 15) is 9.59 Å². The monoisotopic (exact) mass is 283 g/mol. The van der Waals surface area contributed by atoms with Crippen LogP contribution in [0.4, 0.5) is 0 Å². The minimum absolute atomic E-state index is 0.0615. The Labute approximate surface area is 121 Å². The first kappa shape index (κ1) is 13.2. The molecule has 21 heavy (non-hydrogen) atoms. The second-order valence-corrected chi connectivity index (χ2v) is 4.76. The lowest BCUT2D eigenvalue weighted by atomic mass is 10.0. The molecule has 1 aliphatic rings. The van der Waals surface area contributed by atoms with E-state index < -0.39 is 5.97 Å². The van der Waals surface area contributed by atoms with Crippen LogP contribution in [0.15, 0.2) is 42.5 Å². The van der Waals surface area contributed by atoms with Crippen LogP contribution < -0.4 is 10.1 Å². The number of fused-ring (bicyclic) bond motifs is 1. The zero-order valence-corrected chi connectivity index (χ0v) is 11.1. The van der Waals surface area contributed by atoms with E-state index in [2.05, 4.69) is 5.32 Å². The van der Waals surface area contributed by atoms with E-state index in [-0.39, 0.29) is 11.5 Å². The highest BCUT2D eigenvalue weighted by Gasteiger charge is 2.16. The molecule has 0 bridgehead atoms. The smallest absolute Gasteiger partial charge is 0.335 e. The van der Waals surface area contributed by atoms with E-state index in [1.165, 1.54) is 12.1 Å². The molecule has 0 saturated heterocycles. The molecule has 1 amide bonds. The summed E-state index contributed by atoms with van der Waals surface area (Å²) in [5.41, 5.74) is 1.85. The Morgan fingerprint density at radius 2 is 1.81 bits per heavy atom. The molecule has 0 aliphatic carbocycles. The summed E-state index contributed by atoms with van der Waals surface area (Å²) in [6.45, 7) is 0.628. The van der Waals surface area contributed by atoms with Crippen molar-refractivity contribution in [3.8, 4) is 11.5 Å². The first-order valence-corrected chi connectivity index (χ1v) is 6.56. The molecular weight excluding hydrogens is 270 g/mol. The van der Waals surface area contributed by atoms with Crippen molar-refractivity contribution in [1.82, 2.24) is 5.32 Å². The number of hydrogen-bond donors (Lipinski definition) is 2. The van der Waals surface area contributed by atoms with Crippen molar-refractivity contribution in [3.05, 3.63) is 59.2 Å². The van der Waals surface area contributed by atoms with Gasteiger partial charge < -0.3 is 15.2 Å². The number of carbonyl (C=O) groups is 2. The van der Waals surface area contributed by atoms with Gasteiger partial charge in [0.1, 0.15) is 11.5 Å². The van der Waals surface area contributed by atoms with Crippen molar-refractivity contribution in [2.75, 3.05) is 6.54 Å². The van der Waals surface area contributed by atoms with Crippen LogP contribution in [0.25, 0.3) is 0 Å². The number of rotatable bonds is 3. The van der Waals surface area contributed by atoms with Crippen molar-refractivity contribution in [3.63, 3.8) is 0 Å². The average molecular weight is 283 g/mol. The van der Waals surface area contributed by atoms with Crippen LogP contribution in [0.3, 0.4) is 0 Å². The third-order valence-electron chi connectivity index (χ3n) is 3.34. The Hall–Kier alpha value is -2.82. The first-order chi connectivity index (χ1) is 10.1. The van der Waals surface area contributed by atoms with Gasteiger partial charge in [0.15, 0.2) is 0 Å². The molecule has 3 rings (SSSR count). The highest BCUT2D eigenvalue weighted by molar-refractivity contribution is 5.96. The Kier molecular flexibility index (Phi) is 3.31. The number of aromatic carboxylic acids is 1.